The van der Waals surface area contributed by atoms with Crippen molar-refractivity contribution in [3.8, 4) is 0 Å². The lowest BCUT2D eigenvalue weighted by molar-refractivity contribution is 0.646. The summed E-state index contributed by atoms with van der Waals surface area (Å²) in [5, 5.41) is 0. The van der Waals surface area contributed by atoms with Gasteiger partial charge in [-0.15, -0.1) is 0 Å². The van der Waals surface area contributed by atoms with Crippen LogP contribution in [0.3, 0.4) is 0 Å². The number of rotatable bonds is 6. The van der Waals surface area contributed by atoms with Gasteiger partial charge in [0, 0.05) is 17.4 Å². The van der Waals surface area contributed by atoms with Crippen LogP contribution in [0.4, 0.5) is 0 Å². The summed E-state index contributed by atoms with van der Waals surface area (Å²) in [7, 11) is 0. The van der Waals surface area contributed by atoms with E-state index in [1.807, 2.05) is 0 Å². The van der Waals surface area contributed by atoms with Gasteiger partial charge in [0.15, 0.2) is 4.34 Å². The predicted molar refractivity (Wildman–Crippen MR) is 81.8 cm³/mol. The summed E-state index contributed by atoms with van der Waals surface area (Å²) in [6.07, 6.45) is 2.85. The monoisotopic (exact) mass is 293 g/mol. The number of nitrogens with zero attached hydrogens (tertiary/aromatic N) is 2. The van der Waals surface area contributed by atoms with Crippen molar-refractivity contribution < 1.29 is 0 Å². The zero-order valence-corrected chi connectivity index (χ0v) is 12.9. The number of aryl methyl sites for hydroxylation is 1. The molecule has 0 aliphatic carbocycles. The average molecular weight is 293 g/mol. The normalized spacial score (nSPS) is 12.6. The van der Waals surface area contributed by atoms with Crippen LogP contribution in [0.15, 0.2) is 33.5 Å². The minimum Gasteiger partial charge on any atom is -0.327 e. The lowest BCUT2D eigenvalue weighted by atomic mass is 10.1. The van der Waals surface area contributed by atoms with Crippen molar-refractivity contribution in [3.63, 3.8) is 0 Å². The standard InChI is InChI=1S/C14H19N3S2/c1-3-11(15)9-10-5-7-12(8-6-10)18-14-16-13(4-2)17-19-14/h5-8,11H,3-4,9,15H2,1-2H3. The molecule has 1 unspecified atom stereocenters. The third-order valence-electron chi connectivity index (χ3n) is 2.92. The first-order chi connectivity index (χ1) is 9.21. The highest BCUT2D eigenvalue weighted by atomic mass is 32.2. The quantitative estimate of drug-likeness (QED) is 0.885. The summed E-state index contributed by atoms with van der Waals surface area (Å²) in [6.45, 7) is 4.19. The zero-order chi connectivity index (χ0) is 13.7. The highest BCUT2D eigenvalue weighted by Gasteiger charge is 2.05. The van der Waals surface area contributed by atoms with Crippen molar-refractivity contribution in [1.29, 1.82) is 0 Å². The minimum atomic E-state index is 0.258. The van der Waals surface area contributed by atoms with Crippen molar-refractivity contribution in [2.24, 2.45) is 5.73 Å². The second-order valence-corrected chi connectivity index (χ2v) is 6.52. The molecular formula is C14H19N3S2. The van der Waals surface area contributed by atoms with Gasteiger partial charge in [0.05, 0.1) is 0 Å². The summed E-state index contributed by atoms with van der Waals surface area (Å²) in [4.78, 5) is 5.66. The molecule has 19 heavy (non-hydrogen) atoms. The van der Waals surface area contributed by atoms with E-state index in [4.69, 9.17) is 5.73 Å². The van der Waals surface area contributed by atoms with Gasteiger partial charge in [0.1, 0.15) is 5.82 Å². The second-order valence-electron chi connectivity index (χ2n) is 4.45. The molecule has 1 aromatic carbocycles. The van der Waals surface area contributed by atoms with Gasteiger partial charge in [-0.25, -0.2) is 4.98 Å². The number of hydrogen-bond donors (Lipinski definition) is 1. The number of benzene rings is 1. The summed E-state index contributed by atoms with van der Waals surface area (Å²) >= 11 is 3.14. The highest BCUT2D eigenvalue weighted by Crippen LogP contribution is 2.29. The molecular weight excluding hydrogens is 274 g/mol. The Hall–Kier alpha value is -0.910. The molecule has 2 rings (SSSR count). The maximum Gasteiger partial charge on any atom is 0.174 e. The molecule has 5 heteroatoms. The van der Waals surface area contributed by atoms with E-state index in [0.717, 1.165) is 29.4 Å². The summed E-state index contributed by atoms with van der Waals surface area (Å²) in [5.41, 5.74) is 7.26. The van der Waals surface area contributed by atoms with Crippen molar-refractivity contribution >= 4 is 23.3 Å². The van der Waals surface area contributed by atoms with Crippen LogP contribution in [0, 0.1) is 0 Å². The predicted octanol–water partition coefficient (Wildman–Crippen LogP) is 3.53. The first kappa shape index (κ1) is 14.5. The summed E-state index contributed by atoms with van der Waals surface area (Å²) < 4.78 is 5.30. The second kappa shape index (κ2) is 7.03. The Morgan fingerprint density at radius 1 is 1.26 bits per heavy atom. The van der Waals surface area contributed by atoms with Crippen LogP contribution in [0.1, 0.15) is 31.7 Å². The van der Waals surface area contributed by atoms with Crippen LogP contribution in [-0.2, 0) is 12.8 Å². The van der Waals surface area contributed by atoms with E-state index in [0.29, 0.717) is 0 Å². The first-order valence-electron chi connectivity index (χ1n) is 6.56. The molecule has 1 atom stereocenters. The van der Waals surface area contributed by atoms with Crippen LogP contribution < -0.4 is 5.73 Å². The van der Waals surface area contributed by atoms with E-state index in [9.17, 15) is 0 Å². The van der Waals surface area contributed by atoms with Crippen LogP contribution >= 0.6 is 23.3 Å². The van der Waals surface area contributed by atoms with Crippen LogP contribution in [0.2, 0.25) is 0 Å². The Morgan fingerprint density at radius 2 is 2.00 bits per heavy atom. The van der Waals surface area contributed by atoms with Gasteiger partial charge in [-0.05, 0) is 42.1 Å². The average Bonchev–Trinajstić information content (AvgIpc) is 2.88. The third kappa shape index (κ3) is 4.30. The van der Waals surface area contributed by atoms with Crippen LogP contribution in [0.5, 0.6) is 0 Å². The van der Waals surface area contributed by atoms with E-state index in [2.05, 4.69) is 47.5 Å². The SMILES string of the molecule is CCc1nsc(Sc2ccc(CC(N)CC)cc2)n1. The topological polar surface area (TPSA) is 51.8 Å². The molecule has 0 spiro atoms. The van der Waals surface area contributed by atoms with E-state index in [-0.39, 0.29) is 6.04 Å². The van der Waals surface area contributed by atoms with Gasteiger partial charge in [0.2, 0.25) is 0 Å². The van der Waals surface area contributed by atoms with Crippen molar-refractivity contribution in [2.75, 3.05) is 0 Å². The molecule has 0 radical (unpaired) electrons. The van der Waals surface area contributed by atoms with E-state index < -0.39 is 0 Å². The molecule has 3 nitrogen and oxygen atoms in total. The molecule has 1 aromatic heterocycles. The molecule has 2 N–H and O–H groups in total. The Morgan fingerprint density at radius 3 is 2.58 bits per heavy atom. The van der Waals surface area contributed by atoms with Gasteiger partial charge >= 0.3 is 0 Å². The third-order valence-corrected chi connectivity index (χ3v) is 4.71. The summed E-state index contributed by atoms with van der Waals surface area (Å²) in [5.74, 6) is 0.929. The van der Waals surface area contributed by atoms with E-state index in [1.165, 1.54) is 22.0 Å². The molecule has 2 aromatic rings. The van der Waals surface area contributed by atoms with Crippen LogP contribution in [0.25, 0.3) is 0 Å². The van der Waals surface area contributed by atoms with Crippen LogP contribution in [-0.4, -0.2) is 15.4 Å². The molecule has 0 bridgehead atoms. The molecule has 0 aliphatic heterocycles. The zero-order valence-electron chi connectivity index (χ0n) is 11.3. The number of aromatic nitrogens is 2. The largest absolute Gasteiger partial charge is 0.327 e. The highest BCUT2D eigenvalue weighted by molar-refractivity contribution is 8.01. The van der Waals surface area contributed by atoms with E-state index >= 15 is 0 Å². The fourth-order valence-corrected chi connectivity index (χ4v) is 3.34. The van der Waals surface area contributed by atoms with Gasteiger partial charge in [-0.1, -0.05) is 37.7 Å². The molecule has 0 saturated heterocycles. The van der Waals surface area contributed by atoms with Crippen molar-refractivity contribution in [1.82, 2.24) is 9.36 Å². The Kier molecular flexibility index (Phi) is 5.36. The first-order valence-corrected chi connectivity index (χ1v) is 8.15. The fraction of sp³-hybridized carbons (Fsp3) is 0.429. The maximum atomic E-state index is 5.96. The lowest BCUT2D eigenvalue weighted by Gasteiger charge is -2.08. The number of hydrogen-bond acceptors (Lipinski definition) is 5. The number of nitrogens with two attached hydrogens (primary N) is 1. The Balaban J connectivity index is 1.98. The molecule has 0 amide bonds. The van der Waals surface area contributed by atoms with Gasteiger partial charge in [-0.3, -0.25) is 0 Å². The summed E-state index contributed by atoms with van der Waals surface area (Å²) in [6, 6.07) is 8.83. The molecule has 102 valence electrons. The fourth-order valence-electron chi connectivity index (χ4n) is 1.66. The van der Waals surface area contributed by atoms with Gasteiger partial charge in [-0.2, -0.15) is 4.37 Å². The maximum absolute atomic E-state index is 5.96. The van der Waals surface area contributed by atoms with Gasteiger partial charge < -0.3 is 5.73 Å². The molecule has 0 aliphatic rings. The molecule has 0 saturated carbocycles. The molecule has 1 heterocycles. The van der Waals surface area contributed by atoms with Crippen molar-refractivity contribution in [3.05, 3.63) is 35.7 Å². The van der Waals surface area contributed by atoms with Crippen molar-refractivity contribution in [2.45, 2.75) is 48.4 Å². The Labute approximate surface area is 122 Å². The minimum absolute atomic E-state index is 0.258. The van der Waals surface area contributed by atoms with Gasteiger partial charge in [0.25, 0.3) is 0 Å². The van der Waals surface area contributed by atoms with E-state index in [1.54, 1.807) is 11.8 Å². The lowest BCUT2D eigenvalue weighted by Crippen LogP contribution is -2.21. The smallest absolute Gasteiger partial charge is 0.174 e. The Bertz CT molecular complexity index is 508. The molecule has 0 fully saturated rings.